The molecule has 88 valence electrons. The van der Waals surface area contributed by atoms with Crippen molar-refractivity contribution < 1.29 is 0 Å². The number of halogens is 2. The molecule has 0 aliphatic rings. The zero-order valence-corrected chi connectivity index (χ0v) is 10.9. The standard InChI is InChI=1S/C13H12Cl2N2/c1-9-5-6-10(16-7-9)8-17-13-11(14)3-2-4-12(13)15/h2-7,17H,8H2,1H3. The van der Waals surface area contributed by atoms with Crippen LogP contribution >= 0.6 is 23.2 Å². The number of pyridine rings is 1. The lowest BCUT2D eigenvalue weighted by Crippen LogP contribution is -2.02. The zero-order valence-electron chi connectivity index (χ0n) is 9.37. The Morgan fingerprint density at radius 3 is 2.41 bits per heavy atom. The molecule has 0 amide bonds. The molecule has 4 heteroatoms. The van der Waals surface area contributed by atoms with Gasteiger partial charge in [-0.25, -0.2) is 0 Å². The molecule has 1 aromatic carbocycles. The van der Waals surface area contributed by atoms with Gasteiger partial charge in [-0.3, -0.25) is 4.98 Å². The van der Waals surface area contributed by atoms with Crippen molar-refractivity contribution in [3.05, 3.63) is 57.8 Å². The van der Waals surface area contributed by atoms with Gasteiger partial charge in [0.25, 0.3) is 0 Å². The molecule has 0 aliphatic carbocycles. The molecule has 2 nitrogen and oxygen atoms in total. The third kappa shape index (κ3) is 3.11. The van der Waals surface area contributed by atoms with Crippen LogP contribution in [0.5, 0.6) is 0 Å². The Morgan fingerprint density at radius 1 is 1.12 bits per heavy atom. The van der Waals surface area contributed by atoms with Gasteiger partial charge in [0.1, 0.15) is 0 Å². The number of hydrogen-bond acceptors (Lipinski definition) is 2. The van der Waals surface area contributed by atoms with Crippen LogP contribution in [0.3, 0.4) is 0 Å². The molecule has 2 rings (SSSR count). The second-order valence-corrected chi connectivity index (χ2v) is 4.59. The molecule has 17 heavy (non-hydrogen) atoms. The largest absolute Gasteiger partial charge is 0.377 e. The van der Waals surface area contributed by atoms with E-state index in [4.69, 9.17) is 23.2 Å². The van der Waals surface area contributed by atoms with Crippen molar-refractivity contribution in [3.63, 3.8) is 0 Å². The Morgan fingerprint density at radius 2 is 1.82 bits per heavy atom. The first kappa shape index (κ1) is 12.2. The Bertz CT molecular complexity index is 489. The Balaban J connectivity index is 2.10. The highest BCUT2D eigenvalue weighted by atomic mass is 35.5. The van der Waals surface area contributed by atoms with Crippen LogP contribution in [0.15, 0.2) is 36.5 Å². The first-order chi connectivity index (χ1) is 8.16. The summed E-state index contributed by atoms with van der Waals surface area (Å²) in [7, 11) is 0. The summed E-state index contributed by atoms with van der Waals surface area (Å²) < 4.78 is 0. The fraction of sp³-hybridized carbons (Fsp3) is 0.154. The van der Waals surface area contributed by atoms with Crippen LogP contribution in [0.2, 0.25) is 10.0 Å². The number of aromatic nitrogens is 1. The molecule has 0 unspecified atom stereocenters. The van der Waals surface area contributed by atoms with Crippen LogP contribution in [-0.4, -0.2) is 4.98 Å². The van der Waals surface area contributed by atoms with Crippen molar-refractivity contribution in [2.75, 3.05) is 5.32 Å². The number of benzene rings is 1. The molecular formula is C13H12Cl2N2. The topological polar surface area (TPSA) is 24.9 Å². The van der Waals surface area contributed by atoms with Gasteiger partial charge in [-0.15, -0.1) is 0 Å². The highest BCUT2D eigenvalue weighted by Gasteiger charge is 2.04. The molecule has 0 bridgehead atoms. The van der Waals surface area contributed by atoms with Crippen LogP contribution in [-0.2, 0) is 6.54 Å². The average molecular weight is 267 g/mol. The third-order valence-electron chi connectivity index (χ3n) is 2.38. The number of aryl methyl sites for hydroxylation is 1. The molecule has 0 radical (unpaired) electrons. The predicted molar refractivity (Wildman–Crippen MR) is 72.8 cm³/mol. The SMILES string of the molecule is Cc1ccc(CNc2c(Cl)cccc2Cl)nc1. The Hall–Kier alpha value is -1.25. The van der Waals surface area contributed by atoms with Gasteiger partial charge in [0.05, 0.1) is 28.0 Å². The summed E-state index contributed by atoms with van der Waals surface area (Å²) in [4.78, 5) is 4.30. The van der Waals surface area contributed by atoms with E-state index in [2.05, 4.69) is 10.3 Å². The maximum absolute atomic E-state index is 6.05. The van der Waals surface area contributed by atoms with Gasteiger partial charge >= 0.3 is 0 Å². The number of para-hydroxylation sites is 1. The van der Waals surface area contributed by atoms with Crippen molar-refractivity contribution in [2.24, 2.45) is 0 Å². The van der Waals surface area contributed by atoms with Crippen LogP contribution < -0.4 is 5.32 Å². The van der Waals surface area contributed by atoms with Gasteiger partial charge < -0.3 is 5.32 Å². The smallest absolute Gasteiger partial charge is 0.0722 e. The molecule has 1 N–H and O–H groups in total. The van der Waals surface area contributed by atoms with Gasteiger partial charge in [-0.2, -0.15) is 0 Å². The van der Waals surface area contributed by atoms with Crippen LogP contribution in [0.1, 0.15) is 11.3 Å². The van der Waals surface area contributed by atoms with Crippen molar-refractivity contribution in [3.8, 4) is 0 Å². The highest BCUT2D eigenvalue weighted by molar-refractivity contribution is 6.39. The first-order valence-corrected chi connectivity index (χ1v) is 6.02. The second kappa shape index (κ2) is 5.39. The number of nitrogens with zero attached hydrogens (tertiary/aromatic N) is 1. The molecule has 2 aromatic rings. The van der Waals surface area contributed by atoms with Crippen molar-refractivity contribution in [1.29, 1.82) is 0 Å². The van der Waals surface area contributed by atoms with Gasteiger partial charge in [0.2, 0.25) is 0 Å². The van der Waals surface area contributed by atoms with E-state index in [1.54, 1.807) is 12.1 Å². The normalized spacial score (nSPS) is 10.3. The third-order valence-corrected chi connectivity index (χ3v) is 3.01. The van der Waals surface area contributed by atoms with E-state index in [1.807, 2.05) is 31.3 Å². The second-order valence-electron chi connectivity index (χ2n) is 3.78. The van der Waals surface area contributed by atoms with E-state index >= 15 is 0 Å². The average Bonchev–Trinajstić information content (AvgIpc) is 2.31. The molecule has 0 fully saturated rings. The molecule has 0 saturated heterocycles. The minimum Gasteiger partial charge on any atom is -0.377 e. The summed E-state index contributed by atoms with van der Waals surface area (Å²) in [5.74, 6) is 0. The van der Waals surface area contributed by atoms with Gasteiger partial charge in [-0.05, 0) is 30.7 Å². The monoisotopic (exact) mass is 266 g/mol. The summed E-state index contributed by atoms with van der Waals surface area (Å²) in [5.41, 5.74) is 2.84. The van der Waals surface area contributed by atoms with E-state index in [0.717, 1.165) is 16.9 Å². The van der Waals surface area contributed by atoms with Crippen molar-refractivity contribution >= 4 is 28.9 Å². The summed E-state index contributed by atoms with van der Waals surface area (Å²) in [6.07, 6.45) is 1.84. The lowest BCUT2D eigenvalue weighted by molar-refractivity contribution is 1.04. The predicted octanol–water partition coefficient (Wildman–Crippen LogP) is 4.31. The van der Waals surface area contributed by atoms with Crippen molar-refractivity contribution in [2.45, 2.75) is 13.5 Å². The molecule has 1 aromatic heterocycles. The lowest BCUT2D eigenvalue weighted by Gasteiger charge is -2.09. The lowest BCUT2D eigenvalue weighted by atomic mass is 10.2. The van der Waals surface area contributed by atoms with Gasteiger partial charge in [0, 0.05) is 6.20 Å². The fourth-order valence-corrected chi connectivity index (χ4v) is 1.98. The first-order valence-electron chi connectivity index (χ1n) is 5.26. The quantitative estimate of drug-likeness (QED) is 0.896. The highest BCUT2D eigenvalue weighted by Crippen LogP contribution is 2.29. The van der Waals surface area contributed by atoms with Crippen LogP contribution in [0.25, 0.3) is 0 Å². The fourth-order valence-electron chi connectivity index (χ4n) is 1.45. The van der Waals surface area contributed by atoms with E-state index in [9.17, 15) is 0 Å². The number of hydrogen-bond donors (Lipinski definition) is 1. The minimum absolute atomic E-state index is 0.601. The van der Waals surface area contributed by atoms with E-state index in [-0.39, 0.29) is 0 Å². The maximum atomic E-state index is 6.05. The number of rotatable bonds is 3. The summed E-state index contributed by atoms with van der Waals surface area (Å²) in [6.45, 7) is 2.61. The van der Waals surface area contributed by atoms with E-state index in [1.165, 1.54) is 0 Å². The summed E-state index contributed by atoms with van der Waals surface area (Å²) in [5, 5.41) is 4.42. The maximum Gasteiger partial charge on any atom is 0.0722 e. The molecule has 0 aliphatic heterocycles. The molecule has 0 atom stereocenters. The van der Waals surface area contributed by atoms with Crippen molar-refractivity contribution in [1.82, 2.24) is 4.98 Å². The zero-order chi connectivity index (χ0) is 12.3. The molecule has 0 spiro atoms. The number of nitrogens with one attached hydrogen (secondary N) is 1. The van der Waals surface area contributed by atoms with Gasteiger partial charge in [-0.1, -0.05) is 35.3 Å². The molecular weight excluding hydrogens is 255 g/mol. The Labute approximate surface area is 111 Å². The summed E-state index contributed by atoms with van der Waals surface area (Å²) in [6, 6.07) is 9.43. The molecule has 0 saturated carbocycles. The minimum atomic E-state index is 0.601. The van der Waals surface area contributed by atoms with Crippen LogP contribution in [0.4, 0.5) is 5.69 Å². The van der Waals surface area contributed by atoms with E-state index < -0.39 is 0 Å². The van der Waals surface area contributed by atoms with Crippen LogP contribution in [0, 0.1) is 6.92 Å². The van der Waals surface area contributed by atoms with Gasteiger partial charge in [0.15, 0.2) is 0 Å². The van der Waals surface area contributed by atoms with E-state index in [0.29, 0.717) is 16.6 Å². The number of anilines is 1. The summed E-state index contributed by atoms with van der Waals surface area (Å²) >= 11 is 12.1. The molecule has 1 heterocycles. The Kier molecular flexibility index (Phi) is 3.87.